The monoisotopic (exact) mass is 523 g/mol. The van der Waals surface area contributed by atoms with Crippen molar-refractivity contribution in [3.8, 4) is 5.75 Å². The Hall–Kier alpha value is -2.28. The maximum absolute atomic E-state index is 14.2. The SMILES string of the molecule is CCC(C)=N.CCOC.COC.C\C=C/C(Oc1ccc(F)c(C(C)COCCC)c1)=C(C)\C=C\CC. The van der Waals surface area contributed by atoms with Crippen LogP contribution in [-0.4, -0.2) is 46.9 Å². The van der Waals surface area contributed by atoms with Gasteiger partial charge in [-0.2, -0.15) is 0 Å². The molecule has 0 aliphatic carbocycles. The van der Waals surface area contributed by atoms with E-state index < -0.39 is 0 Å². The van der Waals surface area contributed by atoms with Crippen molar-refractivity contribution in [3.63, 3.8) is 0 Å². The Kier molecular flexibility index (Phi) is 30.0. The lowest BCUT2D eigenvalue weighted by molar-refractivity contribution is 0.123. The molecule has 0 spiro atoms. The molecule has 0 saturated heterocycles. The topological polar surface area (TPSA) is 60.8 Å². The van der Waals surface area contributed by atoms with Gasteiger partial charge in [-0.3, -0.25) is 0 Å². The van der Waals surface area contributed by atoms with Gasteiger partial charge in [-0.15, -0.1) is 0 Å². The second-order valence-corrected chi connectivity index (χ2v) is 8.24. The highest BCUT2D eigenvalue weighted by Gasteiger charge is 2.13. The lowest BCUT2D eigenvalue weighted by Crippen LogP contribution is -2.07. The van der Waals surface area contributed by atoms with E-state index in [-0.39, 0.29) is 11.7 Å². The fourth-order valence-electron chi connectivity index (χ4n) is 2.36. The molecule has 0 bridgehead atoms. The average Bonchev–Trinajstić information content (AvgIpc) is 2.89. The van der Waals surface area contributed by atoms with Gasteiger partial charge >= 0.3 is 0 Å². The van der Waals surface area contributed by atoms with Crippen molar-refractivity contribution in [2.24, 2.45) is 0 Å². The largest absolute Gasteiger partial charge is 0.457 e. The summed E-state index contributed by atoms with van der Waals surface area (Å²) >= 11 is 0. The molecular weight excluding hydrogens is 469 g/mol. The number of methoxy groups -OCH3 is 2. The fraction of sp³-hybridized carbons (Fsp3) is 0.581. The van der Waals surface area contributed by atoms with Gasteiger partial charge < -0.3 is 24.4 Å². The van der Waals surface area contributed by atoms with Crippen LogP contribution in [0, 0.1) is 11.2 Å². The molecule has 0 fully saturated rings. The van der Waals surface area contributed by atoms with Crippen LogP contribution in [0.4, 0.5) is 4.39 Å². The molecule has 6 heteroatoms. The zero-order chi connectivity index (χ0) is 29.1. The molecule has 0 aliphatic rings. The summed E-state index contributed by atoms with van der Waals surface area (Å²) < 4.78 is 34.6. The standard InChI is InChI=1S/C22H31FO2.C4H9N.C3H8O.C2H6O/c1-6-9-11-17(4)22(10-7-2)25-19-12-13-21(23)20(15-19)18(5)16-24-14-8-3;1-3-4(2)5;1-3-4-2;1-3-2/h7,9-13,15,18H,6,8,14,16H2,1-5H3;5H,3H2,1-2H3;3H2,1-2H3;1-2H3/b10-7-,11-9+,22-17+;;;. The molecule has 0 radical (unpaired) electrons. The maximum Gasteiger partial charge on any atom is 0.129 e. The molecule has 1 aromatic carbocycles. The lowest BCUT2D eigenvalue weighted by atomic mass is 10.0. The molecule has 1 rings (SSSR count). The Balaban J connectivity index is -0.000000802. The Morgan fingerprint density at radius 2 is 1.62 bits per heavy atom. The average molecular weight is 524 g/mol. The van der Waals surface area contributed by atoms with Crippen molar-refractivity contribution in [3.05, 3.63) is 65.2 Å². The van der Waals surface area contributed by atoms with Crippen LogP contribution in [-0.2, 0) is 14.2 Å². The van der Waals surface area contributed by atoms with E-state index in [1.165, 1.54) is 6.07 Å². The quantitative estimate of drug-likeness (QED) is 0.129. The van der Waals surface area contributed by atoms with Crippen LogP contribution in [0.2, 0.25) is 0 Å². The first kappa shape index (κ1) is 39.2. The first-order valence-electron chi connectivity index (χ1n) is 13.1. The molecule has 5 nitrogen and oxygen atoms in total. The second-order valence-electron chi connectivity index (χ2n) is 8.24. The minimum atomic E-state index is -0.223. The van der Waals surface area contributed by atoms with Crippen molar-refractivity contribution in [2.45, 2.75) is 80.6 Å². The van der Waals surface area contributed by atoms with Gasteiger partial charge in [0.25, 0.3) is 0 Å². The number of rotatable bonds is 12. The third-order valence-electron chi connectivity index (χ3n) is 4.57. The molecule has 0 aliphatic heterocycles. The van der Waals surface area contributed by atoms with E-state index in [2.05, 4.69) is 29.4 Å². The van der Waals surface area contributed by atoms with Crippen LogP contribution in [0.15, 0.2) is 53.8 Å². The third kappa shape index (κ3) is 23.8. The number of allylic oxidation sites excluding steroid dienone is 5. The molecule has 1 N–H and O–H groups in total. The van der Waals surface area contributed by atoms with Crippen LogP contribution < -0.4 is 4.74 Å². The summed E-state index contributed by atoms with van der Waals surface area (Å²) in [6, 6.07) is 4.90. The molecule has 0 heterocycles. The van der Waals surface area contributed by atoms with Crippen molar-refractivity contribution in [1.82, 2.24) is 0 Å². The number of hydrogen-bond donors (Lipinski definition) is 1. The van der Waals surface area contributed by atoms with Gasteiger partial charge in [-0.25, -0.2) is 4.39 Å². The highest BCUT2D eigenvalue weighted by Crippen LogP contribution is 2.26. The molecule has 214 valence electrons. The number of ether oxygens (including phenoxy) is 4. The highest BCUT2D eigenvalue weighted by molar-refractivity contribution is 5.78. The van der Waals surface area contributed by atoms with Gasteiger partial charge in [-0.05, 0) is 82.4 Å². The fourth-order valence-corrected chi connectivity index (χ4v) is 2.36. The number of halogens is 1. The van der Waals surface area contributed by atoms with Gasteiger partial charge in [0.2, 0.25) is 0 Å². The summed E-state index contributed by atoms with van der Waals surface area (Å²) in [6.07, 6.45) is 10.8. The van der Waals surface area contributed by atoms with Crippen LogP contribution in [0.1, 0.15) is 86.1 Å². The Labute approximate surface area is 227 Å². The minimum Gasteiger partial charge on any atom is -0.457 e. The van der Waals surface area contributed by atoms with E-state index in [9.17, 15) is 4.39 Å². The summed E-state index contributed by atoms with van der Waals surface area (Å²) in [5.74, 6) is 1.15. The lowest BCUT2D eigenvalue weighted by Gasteiger charge is -2.15. The number of hydrogen-bond acceptors (Lipinski definition) is 5. The van der Waals surface area contributed by atoms with E-state index in [1.54, 1.807) is 40.4 Å². The van der Waals surface area contributed by atoms with Crippen molar-refractivity contribution < 1.29 is 23.3 Å². The summed E-state index contributed by atoms with van der Waals surface area (Å²) in [4.78, 5) is 0. The molecule has 0 aromatic heterocycles. The van der Waals surface area contributed by atoms with Gasteiger partial charge in [0.05, 0.1) is 6.61 Å². The van der Waals surface area contributed by atoms with E-state index in [1.807, 2.05) is 52.8 Å². The summed E-state index contributed by atoms with van der Waals surface area (Å²) in [6.45, 7) is 17.8. The van der Waals surface area contributed by atoms with E-state index >= 15 is 0 Å². The van der Waals surface area contributed by atoms with Crippen molar-refractivity contribution in [1.29, 1.82) is 5.41 Å². The van der Waals surface area contributed by atoms with Crippen LogP contribution in [0.5, 0.6) is 5.75 Å². The van der Waals surface area contributed by atoms with Crippen molar-refractivity contribution >= 4 is 5.71 Å². The highest BCUT2D eigenvalue weighted by atomic mass is 19.1. The molecule has 1 aromatic rings. The Morgan fingerprint density at radius 1 is 1.05 bits per heavy atom. The van der Waals surface area contributed by atoms with Gasteiger partial charge in [0, 0.05) is 46.2 Å². The maximum atomic E-state index is 14.2. The molecule has 37 heavy (non-hydrogen) atoms. The molecular formula is C31H54FNO4. The van der Waals surface area contributed by atoms with Gasteiger partial charge in [0.1, 0.15) is 17.3 Å². The minimum absolute atomic E-state index is 0.0228. The predicted molar refractivity (Wildman–Crippen MR) is 158 cm³/mol. The van der Waals surface area contributed by atoms with Crippen LogP contribution >= 0.6 is 0 Å². The third-order valence-corrected chi connectivity index (χ3v) is 4.57. The van der Waals surface area contributed by atoms with E-state index in [0.29, 0.717) is 24.5 Å². The van der Waals surface area contributed by atoms with Gasteiger partial charge in [0.15, 0.2) is 0 Å². The molecule has 0 amide bonds. The van der Waals surface area contributed by atoms with E-state index in [4.69, 9.17) is 14.9 Å². The number of nitrogens with one attached hydrogen (secondary N) is 1. The molecule has 1 unspecified atom stereocenters. The van der Waals surface area contributed by atoms with Gasteiger partial charge in [-0.1, -0.05) is 45.9 Å². The Morgan fingerprint density at radius 3 is 2.05 bits per heavy atom. The summed E-state index contributed by atoms with van der Waals surface area (Å²) in [7, 11) is 4.93. The smallest absolute Gasteiger partial charge is 0.129 e. The van der Waals surface area contributed by atoms with E-state index in [0.717, 1.165) is 42.9 Å². The van der Waals surface area contributed by atoms with Crippen molar-refractivity contribution in [2.75, 3.05) is 41.2 Å². The number of benzene rings is 1. The summed E-state index contributed by atoms with van der Waals surface area (Å²) in [5.41, 5.74) is 2.41. The molecule has 0 saturated carbocycles. The van der Waals surface area contributed by atoms with Crippen LogP contribution in [0.3, 0.4) is 0 Å². The zero-order valence-electron chi connectivity index (χ0n) is 25.4. The first-order chi connectivity index (χ1) is 17.6. The first-order valence-corrected chi connectivity index (χ1v) is 13.1. The normalized spacial score (nSPS) is 11.9. The predicted octanol–water partition coefficient (Wildman–Crippen LogP) is 8.90. The second kappa shape index (κ2) is 28.3. The summed E-state index contributed by atoms with van der Waals surface area (Å²) in [5, 5.41) is 6.74. The van der Waals surface area contributed by atoms with Crippen LogP contribution in [0.25, 0.3) is 0 Å². The zero-order valence-corrected chi connectivity index (χ0v) is 25.4. The molecule has 1 atom stereocenters. The Bertz CT molecular complexity index is 770.